The molecule has 3 aromatic rings. The first-order chi connectivity index (χ1) is 6.43. The number of fused-ring (bicyclic) bond motifs is 2. The monoisotopic (exact) mass is 171 g/mol. The van der Waals surface area contributed by atoms with E-state index in [2.05, 4.69) is 15.0 Å². The van der Waals surface area contributed by atoms with E-state index >= 15 is 0 Å². The molecule has 0 radical (unpaired) electrons. The lowest BCUT2D eigenvalue weighted by Gasteiger charge is -1.93. The maximum atomic E-state index is 5.18. The van der Waals surface area contributed by atoms with Crippen molar-refractivity contribution >= 4 is 22.3 Å². The molecule has 0 unspecified atom stereocenters. The zero-order chi connectivity index (χ0) is 8.67. The Morgan fingerprint density at radius 1 is 1.15 bits per heavy atom. The van der Waals surface area contributed by atoms with Gasteiger partial charge < -0.3 is 4.42 Å². The van der Waals surface area contributed by atoms with Gasteiger partial charge >= 0.3 is 0 Å². The van der Waals surface area contributed by atoms with Crippen LogP contribution < -0.4 is 0 Å². The molecule has 0 aromatic carbocycles. The van der Waals surface area contributed by atoms with E-state index in [1.165, 1.54) is 6.26 Å². The van der Waals surface area contributed by atoms with E-state index in [1.807, 2.05) is 12.1 Å². The second-order valence-electron chi connectivity index (χ2n) is 2.70. The van der Waals surface area contributed by atoms with Crippen LogP contribution in [0.4, 0.5) is 0 Å². The van der Waals surface area contributed by atoms with Crippen molar-refractivity contribution in [2.24, 2.45) is 0 Å². The van der Waals surface area contributed by atoms with E-state index in [1.54, 1.807) is 12.4 Å². The third-order valence-corrected chi connectivity index (χ3v) is 1.88. The van der Waals surface area contributed by atoms with Crippen LogP contribution in [0.3, 0.4) is 0 Å². The van der Waals surface area contributed by atoms with Crippen molar-refractivity contribution in [3.63, 3.8) is 0 Å². The van der Waals surface area contributed by atoms with Crippen molar-refractivity contribution in [3.8, 4) is 0 Å². The molecule has 0 amide bonds. The fraction of sp³-hybridized carbons (Fsp3) is 0. The standard InChI is InChI=1S/C9H5N3O/c1-2-11-8-6(1)5-7-9(12-8)13-4-3-10-7/h1-5H. The second kappa shape index (κ2) is 2.26. The highest BCUT2D eigenvalue weighted by atomic mass is 16.3. The van der Waals surface area contributed by atoms with Crippen molar-refractivity contribution in [1.29, 1.82) is 0 Å². The molecule has 0 aliphatic heterocycles. The summed E-state index contributed by atoms with van der Waals surface area (Å²) in [4.78, 5) is 12.4. The van der Waals surface area contributed by atoms with Crippen LogP contribution in [-0.2, 0) is 0 Å². The van der Waals surface area contributed by atoms with E-state index in [0.717, 1.165) is 10.9 Å². The Morgan fingerprint density at radius 2 is 2.15 bits per heavy atom. The molecule has 3 rings (SSSR count). The summed E-state index contributed by atoms with van der Waals surface area (Å²) in [7, 11) is 0. The smallest absolute Gasteiger partial charge is 0.247 e. The van der Waals surface area contributed by atoms with E-state index in [0.29, 0.717) is 11.4 Å². The number of rotatable bonds is 0. The predicted molar refractivity (Wildman–Crippen MR) is 47.1 cm³/mol. The number of pyridine rings is 1. The molecular weight excluding hydrogens is 166 g/mol. The molecule has 0 fully saturated rings. The van der Waals surface area contributed by atoms with Gasteiger partial charge in [0.2, 0.25) is 5.71 Å². The zero-order valence-electron chi connectivity index (χ0n) is 6.64. The molecule has 4 nitrogen and oxygen atoms in total. The average Bonchev–Trinajstić information content (AvgIpc) is 2.61. The van der Waals surface area contributed by atoms with E-state index in [9.17, 15) is 0 Å². The van der Waals surface area contributed by atoms with Gasteiger partial charge in [-0.15, -0.1) is 0 Å². The number of nitrogens with zero attached hydrogens (tertiary/aromatic N) is 3. The average molecular weight is 171 g/mol. The largest absolute Gasteiger partial charge is 0.443 e. The van der Waals surface area contributed by atoms with E-state index in [4.69, 9.17) is 4.42 Å². The molecule has 0 bridgehead atoms. The summed E-state index contributed by atoms with van der Waals surface area (Å²) in [5.41, 5.74) is 1.97. The highest BCUT2D eigenvalue weighted by Crippen LogP contribution is 2.15. The summed E-state index contributed by atoms with van der Waals surface area (Å²) in [6.45, 7) is 0. The number of hydrogen-bond acceptors (Lipinski definition) is 4. The molecule has 62 valence electrons. The Kier molecular flexibility index (Phi) is 1.14. The van der Waals surface area contributed by atoms with Gasteiger partial charge in [0.05, 0.1) is 6.20 Å². The molecule has 0 atom stereocenters. The molecule has 13 heavy (non-hydrogen) atoms. The van der Waals surface area contributed by atoms with Crippen molar-refractivity contribution < 1.29 is 4.42 Å². The van der Waals surface area contributed by atoms with Gasteiger partial charge in [-0.25, -0.2) is 9.97 Å². The predicted octanol–water partition coefficient (Wildman–Crippen LogP) is 1.77. The fourth-order valence-electron chi connectivity index (χ4n) is 1.29. The first-order valence-corrected chi connectivity index (χ1v) is 3.88. The summed E-state index contributed by atoms with van der Waals surface area (Å²) < 4.78 is 5.18. The van der Waals surface area contributed by atoms with Crippen LogP contribution in [-0.4, -0.2) is 15.0 Å². The molecule has 4 heteroatoms. The lowest BCUT2D eigenvalue weighted by Crippen LogP contribution is -1.82. The van der Waals surface area contributed by atoms with Crippen LogP contribution in [0.25, 0.3) is 22.3 Å². The SMILES string of the molecule is c1coc2nc3nccc3cc2n1. The molecule has 0 N–H and O–H groups in total. The normalized spacial score (nSPS) is 11.1. The lowest BCUT2D eigenvalue weighted by molar-refractivity contribution is 0.586. The highest BCUT2D eigenvalue weighted by Gasteiger charge is 2.02. The molecular formula is C9H5N3O. The van der Waals surface area contributed by atoms with Gasteiger partial charge in [0.15, 0.2) is 5.65 Å². The maximum Gasteiger partial charge on any atom is 0.247 e. The summed E-state index contributed by atoms with van der Waals surface area (Å²) >= 11 is 0. The van der Waals surface area contributed by atoms with Gasteiger partial charge in [-0.1, -0.05) is 0 Å². The van der Waals surface area contributed by atoms with Crippen LogP contribution in [0, 0.1) is 0 Å². The van der Waals surface area contributed by atoms with Crippen molar-refractivity contribution in [1.82, 2.24) is 15.0 Å². The molecule has 0 spiro atoms. The molecule has 0 aliphatic carbocycles. The van der Waals surface area contributed by atoms with Crippen molar-refractivity contribution in [2.45, 2.75) is 0 Å². The minimum Gasteiger partial charge on any atom is -0.443 e. The minimum atomic E-state index is 0.522. The fourth-order valence-corrected chi connectivity index (χ4v) is 1.29. The second-order valence-corrected chi connectivity index (χ2v) is 2.70. The Labute approximate surface area is 73.2 Å². The quantitative estimate of drug-likeness (QED) is 0.517. The lowest BCUT2D eigenvalue weighted by atomic mass is 10.3. The van der Waals surface area contributed by atoms with E-state index < -0.39 is 0 Å². The Morgan fingerprint density at radius 3 is 3.15 bits per heavy atom. The van der Waals surface area contributed by atoms with Gasteiger partial charge in [0.25, 0.3) is 0 Å². The third-order valence-electron chi connectivity index (χ3n) is 1.88. The van der Waals surface area contributed by atoms with E-state index in [-0.39, 0.29) is 0 Å². The molecule has 0 saturated carbocycles. The van der Waals surface area contributed by atoms with Gasteiger partial charge in [-0.05, 0) is 12.1 Å². The first-order valence-electron chi connectivity index (χ1n) is 3.88. The number of hydrogen-bond donors (Lipinski definition) is 0. The Bertz CT molecular complexity index is 523. The zero-order valence-corrected chi connectivity index (χ0v) is 6.64. The van der Waals surface area contributed by atoms with Gasteiger partial charge in [-0.3, -0.25) is 0 Å². The summed E-state index contributed by atoms with van der Waals surface area (Å²) in [5.74, 6) is 0. The van der Waals surface area contributed by atoms with Gasteiger partial charge in [0.1, 0.15) is 11.8 Å². The van der Waals surface area contributed by atoms with Crippen LogP contribution in [0.5, 0.6) is 0 Å². The highest BCUT2D eigenvalue weighted by molar-refractivity contribution is 5.86. The molecule has 0 aliphatic rings. The van der Waals surface area contributed by atoms with Gasteiger partial charge in [-0.2, -0.15) is 4.98 Å². The molecule has 0 saturated heterocycles. The first kappa shape index (κ1) is 6.54. The maximum absolute atomic E-state index is 5.18. The minimum absolute atomic E-state index is 0.522. The van der Waals surface area contributed by atoms with Crippen molar-refractivity contribution in [3.05, 3.63) is 30.8 Å². The Hall–Kier alpha value is -1.97. The van der Waals surface area contributed by atoms with Crippen molar-refractivity contribution in [2.75, 3.05) is 0 Å². The number of aromatic nitrogens is 3. The van der Waals surface area contributed by atoms with Crippen LogP contribution >= 0.6 is 0 Å². The van der Waals surface area contributed by atoms with Crippen LogP contribution in [0.1, 0.15) is 0 Å². The topological polar surface area (TPSA) is 51.8 Å². The van der Waals surface area contributed by atoms with Crippen LogP contribution in [0.15, 0.2) is 35.2 Å². The summed E-state index contributed by atoms with van der Waals surface area (Å²) in [5, 5.41) is 0.987. The molecule has 3 heterocycles. The van der Waals surface area contributed by atoms with Crippen LogP contribution in [0.2, 0.25) is 0 Å². The molecule has 3 aromatic heterocycles. The summed E-state index contributed by atoms with van der Waals surface area (Å²) in [6.07, 6.45) is 4.83. The Balaban J connectivity index is 2.57. The van der Waals surface area contributed by atoms with Gasteiger partial charge in [0, 0.05) is 11.6 Å². The summed E-state index contributed by atoms with van der Waals surface area (Å²) in [6, 6.07) is 3.81. The third kappa shape index (κ3) is 0.885.